The van der Waals surface area contributed by atoms with Crippen molar-refractivity contribution in [2.45, 2.75) is 33.1 Å². The molecule has 0 aromatic carbocycles. The molecule has 1 aromatic rings. The summed E-state index contributed by atoms with van der Waals surface area (Å²) in [4.78, 5) is 7.18. The van der Waals surface area contributed by atoms with E-state index in [0.717, 1.165) is 19.3 Å². The third-order valence-corrected chi connectivity index (χ3v) is 2.06. The summed E-state index contributed by atoms with van der Waals surface area (Å²) < 4.78 is 0.590. The van der Waals surface area contributed by atoms with E-state index in [1.807, 2.05) is 6.20 Å². The first-order valence-electron chi connectivity index (χ1n) is 4.35. The van der Waals surface area contributed by atoms with Crippen LogP contribution in [0.1, 0.15) is 31.5 Å². The Morgan fingerprint density at radius 1 is 1.50 bits per heavy atom. The zero-order valence-electron chi connectivity index (χ0n) is 7.55. The highest BCUT2D eigenvalue weighted by molar-refractivity contribution is 7.71. The first-order valence-corrected chi connectivity index (χ1v) is 4.75. The van der Waals surface area contributed by atoms with Crippen molar-refractivity contribution in [1.82, 2.24) is 9.97 Å². The monoisotopic (exact) mass is 182 g/mol. The molecule has 0 atom stereocenters. The van der Waals surface area contributed by atoms with Gasteiger partial charge < -0.3 is 4.98 Å². The first-order chi connectivity index (χ1) is 5.77. The van der Waals surface area contributed by atoms with Crippen molar-refractivity contribution < 1.29 is 0 Å². The Bertz CT molecular complexity index is 304. The number of H-pyrrole nitrogens is 1. The summed E-state index contributed by atoms with van der Waals surface area (Å²) in [6.07, 6.45) is 5.13. The third-order valence-electron chi connectivity index (χ3n) is 1.86. The van der Waals surface area contributed by atoms with Gasteiger partial charge >= 0.3 is 0 Å². The van der Waals surface area contributed by atoms with E-state index >= 15 is 0 Å². The Morgan fingerprint density at radius 3 is 2.83 bits per heavy atom. The minimum absolute atomic E-state index is 0.590. The van der Waals surface area contributed by atoms with E-state index in [0.29, 0.717) is 4.77 Å². The molecule has 0 aliphatic carbocycles. The lowest BCUT2D eigenvalue weighted by Crippen LogP contribution is -1.98. The molecule has 0 amide bonds. The average molecular weight is 182 g/mol. The molecule has 1 heterocycles. The lowest BCUT2D eigenvalue weighted by Gasteiger charge is -2.04. The number of nitrogens with one attached hydrogen (secondary N) is 1. The van der Waals surface area contributed by atoms with Crippen LogP contribution < -0.4 is 0 Å². The van der Waals surface area contributed by atoms with Crippen LogP contribution in [0.25, 0.3) is 0 Å². The Labute approximate surface area is 78.1 Å². The van der Waals surface area contributed by atoms with Gasteiger partial charge in [0, 0.05) is 11.9 Å². The largest absolute Gasteiger partial charge is 0.334 e. The molecule has 0 bridgehead atoms. The molecule has 1 rings (SSSR count). The molecule has 0 fully saturated rings. The van der Waals surface area contributed by atoms with E-state index in [9.17, 15) is 0 Å². The van der Waals surface area contributed by atoms with Crippen LogP contribution in [0.2, 0.25) is 0 Å². The second-order valence-corrected chi connectivity index (χ2v) is 3.18. The number of aromatic amines is 1. The number of nitrogens with zero attached hydrogens (tertiary/aromatic N) is 1. The summed E-state index contributed by atoms with van der Waals surface area (Å²) in [5.74, 6) is 0. The number of aromatic nitrogens is 2. The number of hydrogen-bond donors (Lipinski definition) is 1. The highest BCUT2D eigenvalue weighted by Crippen LogP contribution is 2.07. The third kappa shape index (κ3) is 2.14. The summed E-state index contributed by atoms with van der Waals surface area (Å²) >= 11 is 4.94. The van der Waals surface area contributed by atoms with Gasteiger partial charge in [-0.2, -0.15) is 0 Å². The zero-order chi connectivity index (χ0) is 8.97. The lowest BCUT2D eigenvalue weighted by atomic mass is 10.1. The van der Waals surface area contributed by atoms with Gasteiger partial charge in [0.1, 0.15) is 0 Å². The van der Waals surface area contributed by atoms with Crippen LogP contribution in [-0.2, 0) is 12.8 Å². The topological polar surface area (TPSA) is 28.7 Å². The van der Waals surface area contributed by atoms with Gasteiger partial charge in [-0.15, -0.1) is 0 Å². The Hall–Kier alpha value is -0.700. The number of aryl methyl sites for hydroxylation is 2. The molecule has 0 aliphatic rings. The predicted octanol–water partition coefficient (Wildman–Crippen LogP) is 2.65. The fourth-order valence-electron chi connectivity index (χ4n) is 1.26. The maximum absolute atomic E-state index is 4.94. The standard InChI is InChI=1S/C9H14N2S/c1-3-5-7-6-10-9(12)11-8(7)4-2/h6H,3-5H2,1-2H3,(H,10,11,12). The van der Waals surface area contributed by atoms with E-state index in [1.54, 1.807) is 0 Å². The van der Waals surface area contributed by atoms with Gasteiger partial charge in [-0.1, -0.05) is 20.3 Å². The predicted molar refractivity (Wildman–Crippen MR) is 52.8 cm³/mol. The minimum atomic E-state index is 0.590. The molecule has 2 nitrogen and oxygen atoms in total. The smallest absolute Gasteiger partial charge is 0.196 e. The SMILES string of the molecule is CCCc1cnc(=S)[nH]c1CC. The molecule has 66 valence electrons. The van der Waals surface area contributed by atoms with Gasteiger partial charge in [-0.05, 0) is 30.6 Å². The molecule has 0 aliphatic heterocycles. The van der Waals surface area contributed by atoms with E-state index in [4.69, 9.17) is 12.2 Å². The molecule has 0 saturated heterocycles. The quantitative estimate of drug-likeness (QED) is 0.728. The zero-order valence-corrected chi connectivity index (χ0v) is 8.37. The van der Waals surface area contributed by atoms with Crippen molar-refractivity contribution in [2.75, 3.05) is 0 Å². The van der Waals surface area contributed by atoms with Crippen LogP contribution in [-0.4, -0.2) is 9.97 Å². The van der Waals surface area contributed by atoms with Crippen LogP contribution in [0.5, 0.6) is 0 Å². The molecule has 1 aromatic heterocycles. The Morgan fingerprint density at radius 2 is 2.25 bits per heavy atom. The summed E-state index contributed by atoms with van der Waals surface area (Å²) in [6, 6.07) is 0. The van der Waals surface area contributed by atoms with Crippen LogP contribution in [0.15, 0.2) is 6.20 Å². The maximum Gasteiger partial charge on any atom is 0.196 e. The van der Waals surface area contributed by atoms with E-state index in [-0.39, 0.29) is 0 Å². The molecule has 3 heteroatoms. The van der Waals surface area contributed by atoms with Crippen molar-refractivity contribution in [3.05, 3.63) is 22.2 Å². The van der Waals surface area contributed by atoms with E-state index in [2.05, 4.69) is 23.8 Å². The Kier molecular flexibility index (Phi) is 3.41. The first kappa shape index (κ1) is 9.39. The molecule has 0 radical (unpaired) electrons. The van der Waals surface area contributed by atoms with Gasteiger partial charge in [-0.3, -0.25) is 0 Å². The number of rotatable bonds is 3. The van der Waals surface area contributed by atoms with Crippen molar-refractivity contribution in [3.8, 4) is 0 Å². The Balaban J connectivity index is 3.02. The second-order valence-electron chi connectivity index (χ2n) is 2.80. The van der Waals surface area contributed by atoms with E-state index < -0.39 is 0 Å². The minimum Gasteiger partial charge on any atom is -0.334 e. The molecular formula is C9H14N2S. The van der Waals surface area contributed by atoms with Crippen LogP contribution >= 0.6 is 12.2 Å². The summed E-state index contributed by atoms with van der Waals surface area (Å²) in [7, 11) is 0. The average Bonchev–Trinajstić information content (AvgIpc) is 2.08. The molecule has 12 heavy (non-hydrogen) atoms. The lowest BCUT2D eigenvalue weighted by molar-refractivity contribution is 0.853. The van der Waals surface area contributed by atoms with Crippen molar-refractivity contribution in [1.29, 1.82) is 0 Å². The van der Waals surface area contributed by atoms with Crippen molar-refractivity contribution in [3.63, 3.8) is 0 Å². The molecule has 0 saturated carbocycles. The van der Waals surface area contributed by atoms with Crippen LogP contribution in [0.4, 0.5) is 0 Å². The van der Waals surface area contributed by atoms with E-state index in [1.165, 1.54) is 11.3 Å². The summed E-state index contributed by atoms with van der Waals surface area (Å²) in [6.45, 7) is 4.29. The highest BCUT2D eigenvalue weighted by Gasteiger charge is 1.99. The molecule has 0 spiro atoms. The maximum atomic E-state index is 4.94. The summed E-state index contributed by atoms with van der Waals surface area (Å²) in [5.41, 5.74) is 2.53. The van der Waals surface area contributed by atoms with Gasteiger partial charge in [0.2, 0.25) is 0 Å². The fraction of sp³-hybridized carbons (Fsp3) is 0.556. The fourth-order valence-corrected chi connectivity index (χ4v) is 1.43. The number of hydrogen-bond acceptors (Lipinski definition) is 2. The normalized spacial score (nSPS) is 10.2. The van der Waals surface area contributed by atoms with Gasteiger partial charge in [0.25, 0.3) is 0 Å². The van der Waals surface area contributed by atoms with Crippen LogP contribution in [0, 0.1) is 4.77 Å². The van der Waals surface area contributed by atoms with Gasteiger partial charge in [-0.25, -0.2) is 4.98 Å². The van der Waals surface area contributed by atoms with Gasteiger partial charge in [0.05, 0.1) is 0 Å². The van der Waals surface area contributed by atoms with Gasteiger partial charge in [0.15, 0.2) is 4.77 Å². The van der Waals surface area contributed by atoms with Crippen molar-refractivity contribution in [2.24, 2.45) is 0 Å². The van der Waals surface area contributed by atoms with Crippen molar-refractivity contribution >= 4 is 12.2 Å². The highest BCUT2D eigenvalue weighted by atomic mass is 32.1. The van der Waals surface area contributed by atoms with Crippen LogP contribution in [0.3, 0.4) is 0 Å². The molecule has 1 N–H and O–H groups in total. The summed E-state index contributed by atoms with van der Waals surface area (Å²) in [5, 5.41) is 0. The second kappa shape index (κ2) is 4.36. The molecular weight excluding hydrogens is 168 g/mol. The molecule has 0 unspecified atom stereocenters.